The number of carbonyl (C=O) groups excluding carboxylic acids is 1. The third-order valence-electron chi connectivity index (χ3n) is 3.17. The molecular weight excluding hydrogens is 214 g/mol. The van der Waals surface area contributed by atoms with Crippen molar-refractivity contribution in [3.05, 3.63) is 0 Å². The van der Waals surface area contributed by atoms with Gasteiger partial charge in [-0.2, -0.15) is 0 Å². The predicted octanol–water partition coefficient (Wildman–Crippen LogP) is 3.27. The zero-order chi connectivity index (χ0) is 12.9. The van der Waals surface area contributed by atoms with E-state index in [0.717, 1.165) is 32.1 Å². The first-order chi connectivity index (χ1) is 8.24. The number of rotatable bonds is 11. The number of ether oxygens (including phenoxy) is 1. The van der Waals surface area contributed by atoms with Crippen LogP contribution in [0.3, 0.4) is 0 Å². The molecule has 1 unspecified atom stereocenters. The Kier molecular flexibility index (Phi) is 11.5. The van der Waals surface area contributed by atoms with Crippen molar-refractivity contribution in [3.63, 3.8) is 0 Å². The van der Waals surface area contributed by atoms with E-state index in [1.54, 1.807) is 0 Å². The molecule has 0 radical (unpaired) electrons. The zero-order valence-electron chi connectivity index (χ0n) is 11.5. The summed E-state index contributed by atoms with van der Waals surface area (Å²) in [4.78, 5) is 11.4. The van der Waals surface area contributed by atoms with Crippen LogP contribution < -0.4 is 5.73 Å². The van der Waals surface area contributed by atoms with Crippen molar-refractivity contribution in [2.75, 3.05) is 13.2 Å². The lowest BCUT2D eigenvalue weighted by Crippen LogP contribution is -2.12. The Morgan fingerprint density at radius 3 is 2.53 bits per heavy atom. The van der Waals surface area contributed by atoms with Crippen molar-refractivity contribution >= 4 is 5.97 Å². The highest BCUT2D eigenvalue weighted by atomic mass is 16.5. The Bertz CT molecular complexity index is 183. The van der Waals surface area contributed by atoms with Crippen LogP contribution in [0.25, 0.3) is 0 Å². The van der Waals surface area contributed by atoms with Gasteiger partial charge < -0.3 is 10.5 Å². The molecule has 0 saturated heterocycles. The molecule has 17 heavy (non-hydrogen) atoms. The molecule has 3 nitrogen and oxygen atoms in total. The fraction of sp³-hybridized carbons (Fsp3) is 0.929. The zero-order valence-corrected chi connectivity index (χ0v) is 11.5. The van der Waals surface area contributed by atoms with E-state index in [9.17, 15) is 4.79 Å². The molecule has 0 amide bonds. The smallest absolute Gasteiger partial charge is 0.305 e. The summed E-state index contributed by atoms with van der Waals surface area (Å²) in [5.74, 6) is 0.532. The van der Waals surface area contributed by atoms with Crippen LogP contribution in [-0.2, 0) is 9.53 Å². The molecule has 1 atom stereocenters. The first-order valence-electron chi connectivity index (χ1n) is 7.10. The van der Waals surface area contributed by atoms with Gasteiger partial charge in [-0.1, -0.05) is 39.5 Å². The number of hydrogen-bond acceptors (Lipinski definition) is 3. The van der Waals surface area contributed by atoms with Gasteiger partial charge in [0.05, 0.1) is 6.61 Å². The highest BCUT2D eigenvalue weighted by molar-refractivity contribution is 5.69. The van der Waals surface area contributed by atoms with Gasteiger partial charge in [0.2, 0.25) is 0 Å². The second-order valence-corrected chi connectivity index (χ2v) is 4.67. The highest BCUT2D eigenvalue weighted by Crippen LogP contribution is 2.14. The molecular formula is C14H29NO2. The highest BCUT2D eigenvalue weighted by Gasteiger charge is 2.09. The van der Waals surface area contributed by atoms with Crippen molar-refractivity contribution < 1.29 is 9.53 Å². The summed E-state index contributed by atoms with van der Waals surface area (Å²) in [6.07, 6.45) is 8.18. The number of hydrogen-bond donors (Lipinski definition) is 1. The Hall–Kier alpha value is -0.570. The van der Waals surface area contributed by atoms with E-state index in [-0.39, 0.29) is 5.97 Å². The topological polar surface area (TPSA) is 52.3 Å². The minimum atomic E-state index is -0.0445. The van der Waals surface area contributed by atoms with Crippen LogP contribution in [0.2, 0.25) is 0 Å². The standard InChI is InChI=1S/C14H29NO2/c1-3-5-6-7-12-17-14(16)9-8-13(4-2)10-11-15/h13H,3-12,15H2,1-2H3. The predicted molar refractivity (Wildman–Crippen MR) is 71.8 cm³/mol. The van der Waals surface area contributed by atoms with E-state index in [4.69, 9.17) is 10.5 Å². The Morgan fingerprint density at radius 2 is 1.94 bits per heavy atom. The normalized spacial score (nSPS) is 12.4. The summed E-state index contributed by atoms with van der Waals surface area (Å²) in [6.45, 7) is 5.63. The number of esters is 1. The summed E-state index contributed by atoms with van der Waals surface area (Å²) in [5.41, 5.74) is 5.52. The van der Waals surface area contributed by atoms with Crippen LogP contribution in [0.15, 0.2) is 0 Å². The SMILES string of the molecule is CCCCCCOC(=O)CCC(CC)CCN. The minimum Gasteiger partial charge on any atom is -0.466 e. The van der Waals surface area contributed by atoms with Crippen LogP contribution in [0, 0.1) is 5.92 Å². The van der Waals surface area contributed by atoms with E-state index in [1.807, 2.05) is 0 Å². The lowest BCUT2D eigenvalue weighted by molar-refractivity contribution is -0.144. The van der Waals surface area contributed by atoms with E-state index in [0.29, 0.717) is 25.5 Å². The molecule has 0 fully saturated rings. The number of unbranched alkanes of at least 4 members (excludes halogenated alkanes) is 3. The van der Waals surface area contributed by atoms with Crippen molar-refractivity contribution in [3.8, 4) is 0 Å². The van der Waals surface area contributed by atoms with Gasteiger partial charge in [0.25, 0.3) is 0 Å². The summed E-state index contributed by atoms with van der Waals surface area (Å²) >= 11 is 0. The van der Waals surface area contributed by atoms with Crippen molar-refractivity contribution in [2.24, 2.45) is 11.7 Å². The lowest BCUT2D eigenvalue weighted by atomic mass is 9.97. The van der Waals surface area contributed by atoms with Gasteiger partial charge in [-0.3, -0.25) is 4.79 Å². The quantitative estimate of drug-likeness (QED) is 0.447. The molecule has 3 heteroatoms. The van der Waals surface area contributed by atoms with Crippen LogP contribution in [0.4, 0.5) is 0 Å². The molecule has 0 bridgehead atoms. The number of nitrogens with two attached hydrogens (primary N) is 1. The molecule has 0 spiro atoms. The van der Waals surface area contributed by atoms with Crippen LogP contribution >= 0.6 is 0 Å². The van der Waals surface area contributed by atoms with E-state index < -0.39 is 0 Å². The molecule has 0 heterocycles. The summed E-state index contributed by atoms with van der Waals surface area (Å²) in [7, 11) is 0. The first kappa shape index (κ1) is 16.4. The summed E-state index contributed by atoms with van der Waals surface area (Å²) in [5, 5.41) is 0. The van der Waals surface area contributed by atoms with Gasteiger partial charge in [0.15, 0.2) is 0 Å². The maximum atomic E-state index is 11.4. The average molecular weight is 243 g/mol. The second-order valence-electron chi connectivity index (χ2n) is 4.67. The number of carbonyl (C=O) groups is 1. The summed E-state index contributed by atoms with van der Waals surface area (Å²) < 4.78 is 5.19. The molecule has 0 aromatic heterocycles. The summed E-state index contributed by atoms with van der Waals surface area (Å²) in [6, 6.07) is 0. The largest absolute Gasteiger partial charge is 0.466 e. The monoisotopic (exact) mass is 243 g/mol. The van der Waals surface area contributed by atoms with Gasteiger partial charge in [-0.25, -0.2) is 0 Å². The van der Waals surface area contributed by atoms with Crippen LogP contribution in [0.5, 0.6) is 0 Å². The van der Waals surface area contributed by atoms with Gasteiger partial charge >= 0.3 is 5.97 Å². The second kappa shape index (κ2) is 11.9. The van der Waals surface area contributed by atoms with Gasteiger partial charge in [-0.15, -0.1) is 0 Å². The molecule has 0 aliphatic carbocycles. The fourth-order valence-electron chi connectivity index (χ4n) is 1.90. The first-order valence-corrected chi connectivity index (χ1v) is 7.10. The maximum Gasteiger partial charge on any atom is 0.305 e. The van der Waals surface area contributed by atoms with Gasteiger partial charge in [0.1, 0.15) is 0 Å². The molecule has 2 N–H and O–H groups in total. The van der Waals surface area contributed by atoms with E-state index in [2.05, 4.69) is 13.8 Å². The van der Waals surface area contributed by atoms with E-state index >= 15 is 0 Å². The average Bonchev–Trinajstić information content (AvgIpc) is 2.34. The third-order valence-corrected chi connectivity index (χ3v) is 3.17. The van der Waals surface area contributed by atoms with Gasteiger partial charge in [-0.05, 0) is 31.7 Å². The molecule has 0 aromatic rings. The fourth-order valence-corrected chi connectivity index (χ4v) is 1.90. The third kappa shape index (κ3) is 10.3. The van der Waals surface area contributed by atoms with Crippen molar-refractivity contribution in [2.45, 2.75) is 65.2 Å². The minimum absolute atomic E-state index is 0.0445. The molecule has 102 valence electrons. The maximum absolute atomic E-state index is 11.4. The molecule has 0 rings (SSSR count). The Balaban J connectivity index is 3.44. The van der Waals surface area contributed by atoms with Crippen molar-refractivity contribution in [1.29, 1.82) is 0 Å². The molecule has 0 aromatic carbocycles. The molecule has 0 saturated carbocycles. The van der Waals surface area contributed by atoms with Crippen molar-refractivity contribution in [1.82, 2.24) is 0 Å². The lowest BCUT2D eigenvalue weighted by Gasteiger charge is -2.12. The van der Waals surface area contributed by atoms with E-state index in [1.165, 1.54) is 12.8 Å². The molecule has 0 aliphatic heterocycles. The van der Waals surface area contributed by atoms with Crippen LogP contribution in [0.1, 0.15) is 65.2 Å². The van der Waals surface area contributed by atoms with Gasteiger partial charge in [0, 0.05) is 6.42 Å². The van der Waals surface area contributed by atoms with Crippen LogP contribution in [-0.4, -0.2) is 19.1 Å². The Labute approximate surface area is 106 Å². The Morgan fingerprint density at radius 1 is 1.18 bits per heavy atom. The molecule has 0 aliphatic rings.